The highest BCUT2D eigenvalue weighted by Gasteiger charge is 2.47. The lowest BCUT2D eigenvalue weighted by Gasteiger charge is -2.46. The average Bonchev–Trinajstić information content (AvgIpc) is 2.75. The minimum Gasteiger partial charge on any atom is -0.457 e. The Balaban J connectivity index is 1.43. The predicted octanol–water partition coefficient (Wildman–Crippen LogP) is 5.02. The van der Waals surface area contributed by atoms with Crippen LogP contribution >= 0.6 is 11.6 Å². The monoisotopic (exact) mass is 483 g/mol. The zero-order valence-corrected chi connectivity index (χ0v) is 18.6. The van der Waals surface area contributed by atoms with Gasteiger partial charge in [-0.05, 0) is 67.6 Å². The summed E-state index contributed by atoms with van der Waals surface area (Å²) in [6, 6.07) is 12.2. The average molecular weight is 484 g/mol. The number of alkyl halides is 4. The van der Waals surface area contributed by atoms with E-state index in [9.17, 15) is 23.1 Å². The summed E-state index contributed by atoms with van der Waals surface area (Å²) in [7, 11) is 0. The smallest absolute Gasteiger partial charge is 0.457 e. The fourth-order valence-corrected chi connectivity index (χ4v) is 5.25. The van der Waals surface area contributed by atoms with Crippen LogP contribution in [0.1, 0.15) is 31.2 Å². The first-order valence-electron chi connectivity index (χ1n) is 10.8. The van der Waals surface area contributed by atoms with Crippen LogP contribution in [0.15, 0.2) is 48.5 Å². The first kappa shape index (κ1) is 23.9. The molecule has 1 heterocycles. The molecule has 2 fully saturated rings. The van der Waals surface area contributed by atoms with Crippen LogP contribution in [0.4, 0.5) is 13.2 Å². The number of fused-ring (bicyclic) bond motifs is 1. The summed E-state index contributed by atoms with van der Waals surface area (Å²) >= 11 is 6.42. The van der Waals surface area contributed by atoms with Crippen molar-refractivity contribution in [1.29, 1.82) is 0 Å². The van der Waals surface area contributed by atoms with Gasteiger partial charge in [0.05, 0.1) is 5.92 Å². The van der Waals surface area contributed by atoms with Gasteiger partial charge in [0.25, 0.3) is 0 Å². The Kier molecular flexibility index (Phi) is 6.88. The van der Waals surface area contributed by atoms with Gasteiger partial charge in [-0.3, -0.25) is 4.79 Å². The highest BCUT2D eigenvalue weighted by Crippen LogP contribution is 2.41. The fraction of sp³-hybridized carbons (Fsp3) is 0.458. The van der Waals surface area contributed by atoms with Crippen LogP contribution < -0.4 is 14.8 Å². The largest absolute Gasteiger partial charge is 0.573 e. The van der Waals surface area contributed by atoms with Gasteiger partial charge >= 0.3 is 6.36 Å². The third-order valence-electron chi connectivity index (χ3n) is 6.45. The molecule has 1 aliphatic carbocycles. The van der Waals surface area contributed by atoms with Crippen molar-refractivity contribution in [3.8, 4) is 17.2 Å². The quantitative estimate of drug-likeness (QED) is 0.585. The zero-order valence-electron chi connectivity index (χ0n) is 17.9. The van der Waals surface area contributed by atoms with E-state index >= 15 is 0 Å². The van der Waals surface area contributed by atoms with Crippen LogP contribution in [0.25, 0.3) is 0 Å². The first-order chi connectivity index (χ1) is 15.6. The van der Waals surface area contributed by atoms with Crippen LogP contribution in [0, 0.1) is 11.8 Å². The van der Waals surface area contributed by atoms with Crippen molar-refractivity contribution in [3.05, 3.63) is 54.1 Å². The number of ether oxygens (including phenoxy) is 2. The summed E-state index contributed by atoms with van der Waals surface area (Å²) in [6.07, 6.45) is -3.52. The van der Waals surface area contributed by atoms with Crippen molar-refractivity contribution in [1.82, 2.24) is 5.32 Å². The van der Waals surface area contributed by atoms with Gasteiger partial charge in [-0.15, -0.1) is 24.8 Å². The van der Waals surface area contributed by atoms with Gasteiger partial charge in [0.15, 0.2) is 0 Å². The van der Waals surface area contributed by atoms with Crippen molar-refractivity contribution < 1.29 is 32.5 Å². The molecule has 0 bridgehead atoms. The number of hydrogen-bond donors (Lipinski definition) is 2. The third kappa shape index (κ3) is 5.45. The van der Waals surface area contributed by atoms with E-state index in [0.29, 0.717) is 24.3 Å². The molecule has 2 aromatic rings. The molecule has 1 saturated heterocycles. The molecule has 2 aliphatic rings. The summed E-state index contributed by atoms with van der Waals surface area (Å²) in [6.45, 7) is 2.00. The number of benzene rings is 2. The number of carbonyl (C=O) groups is 1. The minimum atomic E-state index is -4.75. The van der Waals surface area contributed by atoms with Crippen molar-refractivity contribution in [2.75, 3.05) is 6.61 Å². The second-order valence-electron chi connectivity index (χ2n) is 8.67. The van der Waals surface area contributed by atoms with Gasteiger partial charge in [-0.25, -0.2) is 0 Å². The highest BCUT2D eigenvalue weighted by atomic mass is 35.5. The molecule has 5 nitrogen and oxygen atoms in total. The van der Waals surface area contributed by atoms with Gasteiger partial charge in [0, 0.05) is 30.0 Å². The maximum absolute atomic E-state index is 13.3. The summed E-state index contributed by atoms with van der Waals surface area (Å²) < 4.78 is 46.4. The highest BCUT2D eigenvalue weighted by molar-refractivity contribution is 6.21. The van der Waals surface area contributed by atoms with Crippen LogP contribution in [0.5, 0.6) is 17.2 Å². The Morgan fingerprint density at radius 3 is 2.18 bits per heavy atom. The molecule has 2 aromatic carbocycles. The number of aliphatic hydroxyl groups is 1. The number of Topliss-reactive ketones (excluding diaryl/α,β-unsaturated/α-hetero) is 1. The number of piperidine rings is 1. The van der Waals surface area contributed by atoms with E-state index in [1.807, 2.05) is 19.1 Å². The standard InChI is InChI=1S/C24H25ClF3NO4/c1-13-22(23(31)19-11-20(25)15(12-30)10-21(19)29-13)14-2-4-16(5-3-14)32-17-6-8-18(9-7-17)33-24(26,27)28/h2-9,13,15,19-22,29-30H,10-12H2,1H3. The second kappa shape index (κ2) is 9.52. The number of halogens is 4. The summed E-state index contributed by atoms with van der Waals surface area (Å²) in [4.78, 5) is 13.3. The number of rotatable bonds is 5. The molecule has 33 heavy (non-hydrogen) atoms. The van der Waals surface area contributed by atoms with E-state index in [1.165, 1.54) is 24.3 Å². The summed E-state index contributed by atoms with van der Waals surface area (Å²) in [5.41, 5.74) is 0.857. The van der Waals surface area contributed by atoms with Gasteiger partial charge in [0.1, 0.15) is 23.0 Å². The maximum atomic E-state index is 13.3. The molecule has 6 unspecified atom stereocenters. The lowest BCUT2D eigenvalue weighted by Crippen LogP contribution is -2.59. The number of aliphatic hydroxyl groups excluding tert-OH is 1. The molecule has 0 amide bonds. The van der Waals surface area contributed by atoms with E-state index < -0.39 is 6.36 Å². The van der Waals surface area contributed by atoms with E-state index in [-0.39, 0.29) is 53.4 Å². The van der Waals surface area contributed by atoms with Crippen molar-refractivity contribution >= 4 is 17.4 Å². The van der Waals surface area contributed by atoms with Crippen molar-refractivity contribution in [2.45, 2.75) is 49.5 Å². The summed E-state index contributed by atoms with van der Waals surface area (Å²) in [5, 5.41) is 12.9. The Bertz CT molecular complexity index is 967. The SMILES string of the molecule is CC1NC2CC(CO)C(Cl)CC2C(=O)C1c1ccc(Oc2ccc(OC(F)(F)F)cc2)cc1. The minimum absolute atomic E-state index is 0.0116. The molecule has 1 saturated carbocycles. The summed E-state index contributed by atoms with van der Waals surface area (Å²) in [5.74, 6) is 0.156. The zero-order chi connectivity index (χ0) is 23.8. The Morgan fingerprint density at radius 1 is 1.03 bits per heavy atom. The Hall–Kier alpha value is -2.29. The lowest BCUT2D eigenvalue weighted by atomic mass is 9.68. The van der Waals surface area contributed by atoms with Crippen LogP contribution in [-0.2, 0) is 4.79 Å². The third-order valence-corrected chi connectivity index (χ3v) is 6.98. The molecule has 9 heteroatoms. The Labute approximate surface area is 194 Å². The van der Waals surface area contributed by atoms with E-state index in [4.69, 9.17) is 16.3 Å². The van der Waals surface area contributed by atoms with Gasteiger partial charge in [-0.1, -0.05) is 12.1 Å². The predicted molar refractivity (Wildman–Crippen MR) is 117 cm³/mol. The van der Waals surface area contributed by atoms with E-state index in [1.54, 1.807) is 12.1 Å². The van der Waals surface area contributed by atoms with Crippen LogP contribution in [0.2, 0.25) is 0 Å². The fourth-order valence-electron chi connectivity index (χ4n) is 4.88. The van der Waals surface area contributed by atoms with Crippen molar-refractivity contribution in [3.63, 3.8) is 0 Å². The van der Waals surface area contributed by atoms with Crippen LogP contribution in [0.3, 0.4) is 0 Å². The van der Waals surface area contributed by atoms with Gasteiger partial charge in [-0.2, -0.15) is 0 Å². The molecule has 178 valence electrons. The van der Waals surface area contributed by atoms with Crippen LogP contribution in [-0.4, -0.2) is 41.3 Å². The molecular formula is C24H25ClF3NO4. The normalized spacial score (nSPS) is 29.9. The topological polar surface area (TPSA) is 67.8 Å². The Morgan fingerprint density at radius 2 is 1.61 bits per heavy atom. The molecule has 4 rings (SSSR count). The lowest BCUT2D eigenvalue weighted by molar-refractivity contribution is -0.274. The first-order valence-corrected chi connectivity index (χ1v) is 11.3. The second-order valence-corrected chi connectivity index (χ2v) is 9.23. The number of ketones is 1. The number of hydrogen-bond acceptors (Lipinski definition) is 5. The number of carbonyl (C=O) groups excluding carboxylic acids is 1. The number of nitrogens with one attached hydrogen (secondary N) is 1. The molecule has 1 aliphatic heterocycles. The van der Waals surface area contributed by atoms with Crippen molar-refractivity contribution in [2.24, 2.45) is 11.8 Å². The molecule has 0 radical (unpaired) electrons. The maximum Gasteiger partial charge on any atom is 0.573 e. The molecule has 2 N–H and O–H groups in total. The molecule has 6 atom stereocenters. The van der Waals surface area contributed by atoms with Gasteiger partial charge in [0.2, 0.25) is 0 Å². The molecular weight excluding hydrogens is 459 g/mol. The molecule has 0 aromatic heterocycles. The van der Waals surface area contributed by atoms with E-state index in [2.05, 4.69) is 10.1 Å². The molecule has 0 spiro atoms. The van der Waals surface area contributed by atoms with E-state index in [0.717, 1.165) is 5.56 Å². The van der Waals surface area contributed by atoms with Gasteiger partial charge < -0.3 is 19.9 Å².